The monoisotopic (exact) mass is 253 g/mol. The van der Waals surface area contributed by atoms with Gasteiger partial charge in [-0.3, -0.25) is 0 Å². The third kappa shape index (κ3) is 6.12. The van der Waals surface area contributed by atoms with Crippen molar-refractivity contribution in [1.29, 1.82) is 0 Å². The van der Waals surface area contributed by atoms with Gasteiger partial charge in [-0.2, -0.15) is 0 Å². The van der Waals surface area contributed by atoms with Gasteiger partial charge in [0.2, 0.25) is 0 Å². The van der Waals surface area contributed by atoms with E-state index >= 15 is 0 Å². The topological polar surface area (TPSA) is 21.3 Å². The van der Waals surface area contributed by atoms with E-state index < -0.39 is 0 Å². The molecule has 0 saturated carbocycles. The Morgan fingerprint density at radius 3 is 2.67 bits per heavy atom. The first-order valence-electron chi connectivity index (χ1n) is 6.66. The van der Waals surface area contributed by atoms with Crippen LogP contribution in [0, 0.1) is 11.7 Å². The third-order valence-electron chi connectivity index (χ3n) is 2.89. The van der Waals surface area contributed by atoms with E-state index in [1.807, 2.05) is 13.0 Å². The molecular formula is C15H24FNO. The van der Waals surface area contributed by atoms with Crippen molar-refractivity contribution in [2.45, 2.75) is 33.2 Å². The molecule has 1 aromatic rings. The molecule has 102 valence electrons. The highest BCUT2D eigenvalue weighted by Crippen LogP contribution is 2.12. The van der Waals surface area contributed by atoms with Crippen LogP contribution in [0.4, 0.5) is 4.39 Å². The second-order valence-corrected chi connectivity index (χ2v) is 5.03. The van der Waals surface area contributed by atoms with Crippen molar-refractivity contribution in [3.05, 3.63) is 35.6 Å². The molecule has 1 atom stereocenters. The summed E-state index contributed by atoms with van der Waals surface area (Å²) in [5.41, 5.74) is 0.970. The molecule has 0 aromatic heterocycles. The first-order chi connectivity index (χ1) is 8.59. The van der Waals surface area contributed by atoms with E-state index in [0.717, 1.165) is 25.1 Å². The van der Waals surface area contributed by atoms with E-state index in [9.17, 15) is 4.39 Å². The summed E-state index contributed by atoms with van der Waals surface area (Å²) >= 11 is 0. The Bertz CT molecular complexity index is 341. The van der Waals surface area contributed by atoms with Crippen molar-refractivity contribution in [3.8, 4) is 0 Å². The van der Waals surface area contributed by atoms with Gasteiger partial charge >= 0.3 is 0 Å². The van der Waals surface area contributed by atoms with Gasteiger partial charge in [0, 0.05) is 19.2 Å². The fourth-order valence-corrected chi connectivity index (χ4v) is 1.66. The summed E-state index contributed by atoms with van der Waals surface area (Å²) < 4.78 is 18.6. The lowest BCUT2D eigenvalue weighted by molar-refractivity contribution is 0.123. The molecule has 2 nitrogen and oxygen atoms in total. The quantitative estimate of drug-likeness (QED) is 0.715. The highest BCUT2D eigenvalue weighted by Gasteiger charge is 2.04. The average molecular weight is 253 g/mol. The van der Waals surface area contributed by atoms with Crippen LogP contribution in [-0.4, -0.2) is 19.8 Å². The van der Waals surface area contributed by atoms with E-state index in [2.05, 4.69) is 19.2 Å². The van der Waals surface area contributed by atoms with Crippen LogP contribution >= 0.6 is 0 Å². The second-order valence-electron chi connectivity index (χ2n) is 5.03. The lowest BCUT2D eigenvalue weighted by Gasteiger charge is -2.14. The Labute approximate surface area is 110 Å². The maximum Gasteiger partial charge on any atom is 0.123 e. The number of ether oxygens (including phenoxy) is 1. The summed E-state index contributed by atoms with van der Waals surface area (Å²) in [5.74, 6) is 0.499. The largest absolute Gasteiger partial charge is 0.380 e. The summed E-state index contributed by atoms with van der Waals surface area (Å²) in [5, 5.41) is 3.32. The third-order valence-corrected chi connectivity index (χ3v) is 2.89. The summed E-state index contributed by atoms with van der Waals surface area (Å²) in [6.07, 6.45) is 1.10. The van der Waals surface area contributed by atoms with Gasteiger partial charge in [0.05, 0.1) is 6.61 Å². The average Bonchev–Trinajstić information content (AvgIpc) is 2.33. The fraction of sp³-hybridized carbons (Fsp3) is 0.600. The van der Waals surface area contributed by atoms with Gasteiger partial charge in [-0.05, 0) is 37.0 Å². The van der Waals surface area contributed by atoms with Crippen LogP contribution in [-0.2, 0) is 4.74 Å². The van der Waals surface area contributed by atoms with Gasteiger partial charge < -0.3 is 10.1 Å². The molecular weight excluding hydrogens is 229 g/mol. The number of rotatable bonds is 8. The normalized spacial score (nSPS) is 12.9. The fourth-order valence-electron chi connectivity index (χ4n) is 1.66. The maximum atomic E-state index is 13.0. The smallest absolute Gasteiger partial charge is 0.123 e. The lowest BCUT2D eigenvalue weighted by atomic mass is 10.1. The van der Waals surface area contributed by atoms with E-state index in [1.165, 1.54) is 6.07 Å². The molecule has 0 bridgehead atoms. The maximum absolute atomic E-state index is 13.0. The van der Waals surface area contributed by atoms with Crippen LogP contribution in [0.1, 0.15) is 38.8 Å². The molecule has 0 fully saturated rings. The van der Waals surface area contributed by atoms with E-state index in [0.29, 0.717) is 12.5 Å². The molecule has 0 saturated heterocycles. The van der Waals surface area contributed by atoms with Crippen molar-refractivity contribution in [2.24, 2.45) is 5.92 Å². The zero-order chi connectivity index (χ0) is 13.4. The van der Waals surface area contributed by atoms with Crippen LogP contribution in [0.2, 0.25) is 0 Å². The summed E-state index contributed by atoms with van der Waals surface area (Å²) in [6, 6.07) is 6.85. The van der Waals surface area contributed by atoms with Crippen molar-refractivity contribution >= 4 is 0 Å². The van der Waals surface area contributed by atoms with Crippen molar-refractivity contribution in [2.75, 3.05) is 19.8 Å². The predicted molar refractivity (Wildman–Crippen MR) is 73.1 cm³/mol. The number of hydrogen-bond acceptors (Lipinski definition) is 2. The number of hydrogen-bond donors (Lipinski definition) is 1. The lowest BCUT2D eigenvalue weighted by Crippen LogP contribution is -2.23. The Morgan fingerprint density at radius 2 is 2.00 bits per heavy atom. The molecule has 0 aliphatic rings. The van der Waals surface area contributed by atoms with Gasteiger partial charge in [0.25, 0.3) is 0 Å². The molecule has 3 heteroatoms. The molecule has 18 heavy (non-hydrogen) atoms. The molecule has 0 aliphatic heterocycles. The van der Waals surface area contributed by atoms with Gasteiger partial charge in [-0.25, -0.2) is 4.39 Å². The summed E-state index contributed by atoms with van der Waals surface area (Å²) in [6.45, 7) is 8.71. The molecule has 0 radical (unpaired) electrons. The van der Waals surface area contributed by atoms with E-state index in [-0.39, 0.29) is 11.9 Å². The molecule has 1 N–H and O–H groups in total. The SMILES string of the molecule is CC(C)CCOCCN[C@H](C)c1cccc(F)c1. The molecule has 0 unspecified atom stereocenters. The van der Waals surface area contributed by atoms with Gasteiger partial charge in [-0.15, -0.1) is 0 Å². The van der Waals surface area contributed by atoms with Gasteiger partial charge in [0.15, 0.2) is 0 Å². The summed E-state index contributed by atoms with van der Waals surface area (Å²) in [4.78, 5) is 0. The Morgan fingerprint density at radius 1 is 1.22 bits per heavy atom. The van der Waals surface area contributed by atoms with Crippen molar-refractivity contribution < 1.29 is 9.13 Å². The van der Waals surface area contributed by atoms with Crippen LogP contribution < -0.4 is 5.32 Å². The zero-order valence-electron chi connectivity index (χ0n) is 11.6. The Kier molecular flexibility index (Phi) is 6.91. The van der Waals surface area contributed by atoms with Crippen LogP contribution in [0.25, 0.3) is 0 Å². The second kappa shape index (κ2) is 8.22. The molecule has 0 spiro atoms. The Balaban J connectivity index is 2.15. The highest BCUT2D eigenvalue weighted by atomic mass is 19.1. The molecule has 0 aliphatic carbocycles. The van der Waals surface area contributed by atoms with Gasteiger partial charge in [0.1, 0.15) is 5.82 Å². The highest BCUT2D eigenvalue weighted by molar-refractivity contribution is 5.19. The minimum atomic E-state index is -0.186. The molecule has 0 heterocycles. The molecule has 0 amide bonds. The van der Waals surface area contributed by atoms with Gasteiger partial charge in [-0.1, -0.05) is 26.0 Å². The van der Waals surface area contributed by atoms with Crippen molar-refractivity contribution in [3.63, 3.8) is 0 Å². The minimum absolute atomic E-state index is 0.148. The molecule has 1 rings (SSSR count). The minimum Gasteiger partial charge on any atom is -0.380 e. The van der Waals surface area contributed by atoms with Crippen LogP contribution in [0.15, 0.2) is 24.3 Å². The Hall–Kier alpha value is -0.930. The number of nitrogens with one attached hydrogen (secondary N) is 1. The first kappa shape index (κ1) is 15.1. The van der Waals surface area contributed by atoms with Crippen LogP contribution in [0.3, 0.4) is 0 Å². The zero-order valence-corrected chi connectivity index (χ0v) is 11.6. The predicted octanol–water partition coefficient (Wildman–Crippen LogP) is 3.54. The van der Waals surface area contributed by atoms with Crippen LogP contribution in [0.5, 0.6) is 0 Å². The molecule has 1 aromatic carbocycles. The standard InChI is InChI=1S/C15H24FNO/c1-12(2)7-9-18-10-8-17-13(3)14-5-4-6-15(16)11-14/h4-6,11-13,17H,7-10H2,1-3H3/t13-/m1/s1. The van der Waals surface area contributed by atoms with E-state index in [4.69, 9.17) is 4.74 Å². The number of halogens is 1. The van der Waals surface area contributed by atoms with E-state index in [1.54, 1.807) is 12.1 Å². The first-order valence-corrected chi connectivity index (χ1v) is 6.66. The summed E-state index contributed by atoms with van der Waals surface area (Å²) in [7, 11) is 0. The number of benzene rings is 1. The van der Waals surface area contributed by atoms with Crippen molar-refractivity contribution in [1.82, 2.24) is 5.32 Å².